The van der Waals surface area contributed by atoms with E-state index in [0.717, 1.165) is 22.2 Å². The van der Waals surface area contributed by atoms with Crippen molar-refractivity contribution in [2.24, 2.45) is 0 Å². The predicted molar refractivity (Wildman–Crippen MR) is 117 cm³/mol. The van der Waals surface area contributed by atoms with Gasteiger partial charge in [-0.1, -0.05) is 78.9 Å². The van der Waals surface area contributed by atoms with Gasteiger partial charge in [0.2, 0.25) is 5.91 Å². The molecule has 0 saturated carbocycles. The second-order valence-electron chi connectivity index (χ2n) is 6.90. The highest BCUT2D eigenvalue weighted by Crippen LogP contribution is 2.31. The average Bonchev–Trinajstić information content (AvgIpc) is 3.18. The highest BCUT2D eigenvalue weighted by Gasteiger charge is 2.21. The minimum absolute atomic E-state index is 0.0578. The number of aromatic nitrogens is 1. The third-order valence-corrected chi connectivity index (χ3v) is 5.90. The number of aryl methyl sites for hydroxylation is 1. The molecule has 0 spiro atoms. The monoisotopic (exact) mass is 404 g/mol. The van der Waals surface area contributed by atoms with Gasteiger partial charge in [-0.2, -0.15) is 0 Å². The number of anilines is 1. The topological polar surface area (TPSA) is 33.2 Å². The van der Waals surface area contributed by atoms with Gasteiger partial charge in [0.05, 0.1) is 17.7 Å². The number of fused-ring (bicyclic) bond motifs is 1. The van der Waals surface area contributed by atoms with E-state index in [2.05, 4.69) is 24.0 Å². The number of nitrogens with zero attached hydrogens (tertiary/aromatic N) is 2. The van der Waals surface area contributed by atoms with Gasteiger partial charge in [-0.15, -0.1) is 0 Å². The van der Waals surface area contributed by atoms with Gasteiger partial charge in [0.25, 0.3) is 0 Å². The Hall–Kier alpha value is -3.05. The van der Waals surface area contributed by atoms with Crippen LogP contribution in [0.3, 0.4) is 0 Å². The molecule has 4 aromatic rings. The number of para-hydroxylation sites is 1. The van der Waals surface area contributed by atoms with Gasteiger partial charge in [0.15, 0.2) is 5.13 Å². The molecule has 0 bridgehead atoms. The highest BCUT2D eigenvalue weighted by atomic mass is 32.1. The van der Waals surface area contributed by atoms with Crippen LogP contribution in [-0.4, -0.2) is 10.9 Å². The van der Waals surface area contributed by atoms with E-state index >= 15 is 0 Å². The van der Waals surface area contributed by atoms with Crippen molar-refractivity contribution in [3.05, 3.63) is 95.3 Å². The Morgan fingerprint density at radius 1 is 0.931 bits per heavy atom. The van der Waals surface area contributed by atoms with Crippen molar-refractivity contribution in [2.45, 2.75) is 26.3 Å². The third-order valence-electron chi connectivity index (χ3n) is 4.86. The van der Waals surface area contributed by atoms with Gasteiger partial charge in [0.1, 0.15) is 11.3 Å². The first-order valence-corrected chi connectivity index (χ1v) is 10.4. The number of benzene rings is 3. The number of hydrogen-bond donors (Lipinski definition) is 0. The van der Waals surface area contributed by atoms with Gasteiger partial charge >= 0.3 is 0 Å². The minimum atomic E-state index is -0.368. The summed E-state index contributed by atoms with van der Waals surface area (Å²) in [6.07, 6.45) is 1.24. The van der Waals surface area contributed by atoms with Crippen molar-refractivity contribution in [2.75, 3.05) is 4.90 Å². The number of rotatable bonds is 6. The van der Waals surface area contributed by atoms with Crippen LogP contribution in [0.5, 0.6) is 0 Å². The zero-order valence-electron chi connectivity index (χ0n) is 16.1. The second kappa shape index (κ2) is 8.53. The summed E-state index contributed by atoms with van der Waals surface area (Å²) in [7, 11) is 0. The first-order chi connectivity index (χ1) is 14.1. The third kappa shape index (κ3) is 4.35. The summed E-state index contributed by atoms with van der Waals surface area (Å²) in [4.78, 5) is 19.3. The van der Waals surface area contributed by atoms with Crippen LogP contribution in [0, 0.1) is 5.82 Å². The Kier molecular flexibility index (Phi) is 5.67. The molecule has 0 atom stereocenters. The van der Waals surface area contributed by atoms with Gasteiger partial charge in [0, 0.05) is 0 Å². The molecule has 0 saturated heterocycles. The number of carbonyl (C=O) groups is 1. The first-order valence-electron chi connectivity index (χ1n) is 9.61. The van der Waals surface area contributed by atoms with Gasteiger partial charge in [-0.05, 0) is 35.2 Å². The van der Waals surface area contributed by atoms with Crippen LogP contribution in [0.15, 0.2) is 72.8 Å². The summed E-state index contributed by atoms with van der Waals surface area (Å²) in [6.45, 7) is 2.50. The number of carbonyl (C=O) groups excluding carboxylic acids is 1. The predicted octanol–water partition coefficient (Wildman–Crippen LogP) is 5.77. The largest absolute Gasteiger partial charge is 0.283 e. The molecular formula is C24H21FN2OS. The van der Waals surface area contributed by atoms with E-state index in [1.54, 1.807) is 11.0 Å². The van der Waals surface area contributed by atoms with E-state index in [9.17, 15) is 9.18 Å². The molecule has 3 nitrogen and oxygen atoms in total. The Morgan fingerprint density at radius 3 is 2.34 bits per heavy atom. The zero-order valence-corrected chi connectivity index (χ0v) is 17.0. The van der Waals surface area contributed by atoms with Gasteiger partial charge in [-0.3, -0.25) is 9.69 Å². The molecule has 0 aliphatic heterocycles. The summed E-state index contributed by atoms with van der Waals surface area (Å²) in [5.41, 5.74) is 3.51. The van der Waals surface area contributed by atoms with Crippen molar-refractivity contribution in [3.8, 4) is 0 Å². The normalized spacial score (nSPS) is 11.0. The average molecular weight is 405 g/mol. The lowest BCUT2D eigenvalue weighted by Gasteiger charge is -2.20. The maximum atomic E-state index is 14.1. The zero-order chi connectivity index (χ0) is 20.2. The van der Waals surface area contributed by atoms with Crippen LogP contribution in [0.2, 0.25) is 0 Å². The minimum Gasteiger partial charge on any atom is -0.283 e. The molecule has 29 heavy (non-hydrogen) atoms. The molecule has 3 aromatic carbocycles. The van der Waals surface area contributed by atoms with Crippen molar-refractivity contribution in [1.29, 1.82) is 0 Å². The lowest BCUT2D eigenvalue weighted by atomic mass is 10.1. The van der Waals surface area contributed by atoms with Crippen LogP contribution >= 0.6 is 11.3 Å². The van der Waals surface area contributed by atoms with Crippen molar-refractivity contribution < 1.29 is 9.18 Å². The summed E-state index contributed by atoms with van der Waals surface area (Å²) in [6, 6.07) is 22.8. The fourth-order valence-corrected chi connectivity index (χ4v) is 4.21. The summed E-state index contributed by atoms with van der Waals surface area (Å²) in [5.74, 6) is -0.426. The molecule has 1 amide bonds. The van der Waals surface area contributed by atoms with Crippen LogP contribution in [0.25, 0.3) is 10.2 Å². The number of hydrogen-bond acceptors (Lipinski definition) is 3. The van der Waals surface area contributed by atoms with Crippen LogP contribution in [0.1, 0.15) is 23.6 Å². The van der Waals surface area contributed by atoms with E-state index in [1.807, 2.05) is 48.5 Å². The molecule has 0 fully saturated rings. The molecule has 1 heterocycles. The Bertz CT molecular complexity index is 1120. The maximum absolute atomic E-state index is 14.1. The molecule has 4 rings (SSSR count). The van der Waals surface area contributed by atoms with Crippen LogP contribution in [-0.2, 0) is 24.2 Å². The van der Waals surface area contributed by atoms with E-state index in [0.29, 0.717) is 17.2 Å². The fourth-order valence-electron chi connectivity index (χ4n) is 3.21. The quantitative estimate of drug-likeness (QED) is 0.408. The van der Waals surface area contributed by atoms with E-state index < -0.39 is 0 Å². The van der Waals surface area contributed by atoms with E-state index in [4.69, 9.17) is 0 Å². The lowest BCUT2D eigenvalue weighted by Crippen LogP contribution is -2.31. The Balaban J connectivity index is 1.66. The molecule has 1 aromatic heterocycles. The van der Waals surface area contributed by atoms with Gasteiger partial charge < -0.3 is 0 Å². The number of amides is 1. The van der Waals surface area contributed by atoms with Crippen molar-refractivity contribution in [3.63, 3.8) is 0 Å². The van der Waals surface area contributed by atoms with Crippen molar-refractivity contribution in [1.82, 2.24) is 4.98 Å². The van der Waals surface area contributed by atoms with E-state index in [-0.39, 0.29) is 18.1 Å². The Morgan fingerprint density at radius 2 is 1.66 bits per heavy atom. The molecule has 0 unspecified atom stereocenters. The molecular weight excluding hydrogens is 383 g/mol. The molecule has 5 heteroatoms. The number of halogens is 1. The van der Waals surface area contributed by atoms with Crippen LogP contribution in [0.4, 0.5) is 9.52 Å². The first kappa shape index (κ1) is 19.3. The molecule has 0 aliphatic carbocycles. The maximum Gasteiger partial charge on any atom is 0.233 e. The Labute approximate surface area is 173 Å². The molecule has 0 N–H and O–H groups in total. The van der Waals surface area contributed by atoms with Crippen molar-refractivity contribution >= 4 is 32.6 Å². The molecule has 0 radical (unpaired) electrons. The standard InChI is InChI=1S/C24H21FN2OS/c1-2-17-11-13-18(14-12-17)15-22(28)27(16-19-7-4-3-5-8-19)24-26-23-20(25)9-6-10-21(23)29-24/h3-14H,2,15-16H2,1H3. The number of thiazole rings is 1. The molecule has 146 valence electrons. The summed E-state index contributed by atoms with van der Waals surface area (Å²) in [5, 5.41) is 0.518. The van der Waals surface area contributed by atoms with Crippen LogP contribution < -0.4 is 4.90 Å². The lowest BCUT2D eigenvalue weighted by molar-refractivity contribution is -0.118. The molecule has 0 aliphatic rings. The smallest absolute Gasteiger partial charge is 0.233 e. The van der Waals surface area contributed by atoms with E-state index in [1.165, 1.54) is 23.0 Å². The highest BCUT2D eigenvalue weighted by molar-refractivity contribution is 7.22. The van der Waals surface area contributed by atoms with Gasteiger partial charge in [-0.25, -0.2) is 9.37 Å². The summed E-state index contributed by atoms with van der Waals surface area (Å²) < 4.78 is 14.9. The summed E-state index contributed by atoms with van der Waals surface area (Å²) >= 11 is 1.34. The fraction of sp³-hybridized carbons (Fsp3) is 0.167. The second-order valence-corrected chi connectivity index (χ2v) is 7.90. The SMILES string of the molecule is CCc1ccc(CC(=O)N(Cc2ccccc2)c2nc3c(F)cccc3s2)cc1.